The number of hydrogen-bond donors (Lipinski definition) is 1. The van der Waals surface area contributed by atoms with Gasteiger partial charge < -0.3 is 10.2 Å². The van der Waals surface area contributed by atoms with Crippen LogP contribution in [0, 0.1) is 12.7 Å². The van der Waals surface area contributed by atoms with Crippen LogP contribution in [0.1, 0.15) is 31.4 Å². The van der Waals surface area contributed by atoms with Gasteiger partial charge in [-0.15, -0.1) is 8.96 Å². The number of benzene rings is 1. The summed E-state index contributed by atoms with van der Waals surface area (Å²) >= 11 is 0. The van der Waals surface area contributed by atoms with Gasteiger partial charge in [-0.2, -0.15) is 0 Å². The minimum Gasteiger partial charge on any atom is -0.370 e. The van der Waals surface area contributed by atoms with Crippen LogP contribution in [-0.2, 0) is 6.42 Å². The smallest absolute Gasteiger partial charge is 0.128 e. The Balaban J connectivity index is 3.00. The fraction of sp³-hybridized carbons (Fsp3) is 0.625. The van der Waals surface area contributed by atoms with Gasteiger partial charge >= 0.3 is 0 Å². The van der Waals surface area contributed by atoms with E-state index in [0.29, 0.717) is 30.8 Å². The van der Waals surface area contributed by atoms with Crippen LogP contribution >= 0.6 is 0 Å². The molecule has 0 fully saturated rings. The fourth-order valence-electron chi connectivity index (χ4n) is 2.48. The van der Waals surface area contributed by atoms with Gasteiger partial charge in [0.15, 0.2) is 0 Å². The predicted octanol–water partition coefficient (Wildman–Crippen LogP) is 3.57. The molecular formula is C16H26F3N3. The number of anilines is 1. The van der Waals surface area contributed by atoms with E-state index in [1.54, 1.807) is 0 Å². The summed E-state index contributed by atoms with van der Waals surface area (Å²) in [7, 11) is 1.83. The highest BCUT2D eigenvalue weighted by Crippen LogP contribution is 2.24. The lowest BCUT2D eigenvalue weighted by Gasteiger charge is -2.28. The molecule has 1 N–H and O–H groups in total. The molecule has 0 spiro atoms. The zero-order valence-corrected chi connectivity index (χ0v) is 13.8. The van der Waals surface area contributed by atoms with E-state index < -0.39 is 11.4 Å². The van der Waals surface area contributed by atoms with Crippen LogP contribution < -0.4 is 10.2 Å². The summed E-state index contributed by atoms with van der Waals surface area (Å²) in [6.45, 7) is 6.77. The molecule has 0 saturated carbocycles. The van der Waals surface area contributed by atoms with E-state index in [-0.39, 0.29) is 12.4 Å². The van der Waals surface area contributed by atoms with Gasteiger partial charge in [0.2, 0.25) is 0 Å². The Morgan fingerprint density at radius 2 is 1.95 bits per heavy atom. The SMILES string of the molecule is CCCN(CC(C)N(F)F)c1cc(C)c(CCNC)c(F)c1. The Kier molecular flexibility index (Phi) is 7.68. The van der Waals surface area contributed by atoms with Crippen LogP contribution in [0.4, 0.5) is 19.0 Å². The summed E-state index contributed by atoms with van der Waals surface area (Å²) in [5.74, 6) is -0.267. The quantitative estimate of drug-likeness (QED) is 0.703. The molecular weight excluding hydrogens is 291 g/mol. The van der Waals surface area contributed by atoms with Gasteiger partial charge in [0.25, 0.3) is 0 Å². The maximum atomic E-state index is 14.3. The molecule has 0 amide bonds. The molecule has 1 aromatic rings. The van der Waals surface area contributed by atoms with Crippen LogP contribution in [0.25, 0.3) is 0 Å². The molecule has 0 radical (unpaired) electrons. The highest BCUT2D eigenvalue weighted by atomic mass is 19.4. The molecule has 0 aliphatic carbocycles. The summed E-state index contributed by atoms with van der Waals surface area (Å²) in [5.41, 5.74) is 2.20. The highest BCUT2D eigenvalue weighted by molar-refractivity contribution is 5.51. The summed E-state index contributed by atoms with van der Waals surface area (Å²) in [6.07, 6.45) is 1.43. The molecule has 126 valence electrons. The van der Waals surface area contributed by atoms with E-state index in [2.05, 4.69) is 5.32 Å². The first-order valence-corrected chi connectivity index (χ1v) is 7.70. The molecule has 0 aromatic heterocycles. The van der Waals surface area contributed by atoms with Gasteiger partial charge in [-0.05, 0) is 63.5 Å². The van der Waals surface area contributed by atoms with Crippen LogP contribution in [-0.4, -0.2) is 38.1 Å². The second kappa shape index (κ2) is 9.00. The van der Waals surface area contributed by atoms with Gasteiger partial charge in [-0.1, -0.05) is 6.92 Å². The van der Waals surface area contributed by atoms with Crippen molar-refractivity contribution in [1.29, 1.82) is 0 Å². The van der Waals surface area contributed by atoms with E-state index in [1.807, 2.05) is 31.9 Å². The van der Waals surface area contributed by atoms with Gasteiger partial charge in [0.1, 0.15) is 5.82 Å². The van der Waals surface area contributed by atoms with Crippen molar-refractivity contribution in [1.82, 2.24) is 10.7 Å². The number of rotatable bonds is 9. The minimum atomic E-state index is -0.904. The molecule has 0 heterocycles. The van der Waals surface area contributed by atoms with Crippen LogP contribution in [0.5, 0.6) is 0 Å². The monoisotopic (exact) mass is 317 g/mol. The van der Waals surface area contributed by atoms with Crippen LogP contribution in [0.15, 0.2) is 12.1 Å². The Labute approximate surface area is 131 Å². The molecule has 1 atom stereocenters. The maximum Gasteiger partial charge on any atom is 0.128 e. The second-order valence-corrected chi connectivity index (χ2v) is 5.63. The Morgan fingerprint density at radius 1 is 1.27 bits per heavy atom. The van der Waals surface area contributed by atoms with Gasteiger partial charge in [0, 0.05) is 24.1 Å². The molecule has 0 aliphatic heterocycles. The van der Waals surface area contributed by atoms with Crippen molar-refractivity contribution in [3.8, 4) is 0 Å². The van der Waals surface area contributed by atoms with Gasteiger partial charge in [-0.3, -0.25) is 0 Å². The van der Waals surface area contributed by atoms with E-state index in [4.69, 9.17) is 0 Å². The molecule has 0 saturated heterocycles. The molecule has 0 bridgehead atoms. The van der Waals surface area contributed by atoms with Crippen LogP contribution in [0.3, 0.4) is 0 Å². The van der Waals surface area contributed by atoms with Crippen molar-refractivity contribution < 1.29 is 13.4 Å². The lowest BCUT2D eigenvalue weighted by atomic mass is 10.0. The van der Waals surface area contributed by atoms with Gasteiger partial charge in [-0.25, -0.2) is 4.39 Å². The zero-order valence-electron chi connectivity index (χ0n) is 13.8. The standard InChI is InChI=1S/C16H26F3N3/c1-5-8-21(11-13(3)22(18)19)14-9-12(2)15(6-7-20-4)16(17)10-14/h9-10,13,20H,5-8,11H2,1-4H3. The number of aryl methyl sites for hydroxylation is 1. The third-order valence-corrected chi connectivity index (χ3v) is 3.70. The van der Waals surface area contributed by atoms with Gasteiger partial charge in [0.05, 0.1) is 6.04 Å². The van der Waals surface area contributed by atoms with Crippen molar-refractivity contribution in [2.24, 2.45) is 0 Å². The molecule has 6 heteroatoms. The average molecular weight is 317 g/mol. The largest absolute Gasteiger partial charge is 0.370 e. The van der Waals surface area contributed by atoms with Crippen molar-refractivity contribution in [2.75, 3.05) is 31.6 Å². The predicted molar refractivity (Wildman–Crippen MR) is 84.8 cm³/mol. The van der Waals surface area contributed by atoms with Crippen LogP contribution in [0.2, 0.25) is 0 Å². The Hall–Kier alpha value is -1.27. The van der Waals surface area contributed by atoms with E-state index in [1.165, 1.54) is 13.0 Å². The summed E-state index contributed by atoms with van der Waals surface area (Å²) in [6, 6.07) is 2.44. The first kappa shape index (κ1) is 18.8. The third kappa shape index (κ3) is 5.18. The lowest BCUT2D eigenvalue weighted by Crippen LogP contribution is -2.36. The molecule has 1 rings (SSSR count). The minimum absolute atomic E-state index is 0.162. The first-order valence-electron chi connectivity index (χ1n) is 7.70. The second-order valence-electron chi connectivity index (χ2n) is 5.63. The molecule has 3 nitrogen and oxygen atoms in total. The lowest BCUT2D eigenvalue weighted by molar-refractivity contribution is -0.180. The highest BCUT2D eigenvalue weighted by Gasteiger charge is 2.18. The van der Waals surface area contributed by atoms with E-state index >= 15 is 0 Å². The topological polar surface area (TPSA) is 18.5 Å². The summed E-state index contributed by atoms with van der Waals surface area (Å²) in [5, 5.41) is 2.20. The van der Waals surface area contributed by atoms with E-state index in [9.17, 15) is 13.4 Å². The van der Waals surface area contributed by atoms with E-state index in [0.717, 1.165) is 12.0 Å². The number of halogens is 3. The third-order valence-electron chi connectivity index (χ3n) is 3.70. The Bertz CT molecular complexity index is 443. The maximum absolute atomic E-state index is 14.3. The van der Waals surface area contributed by atoms with Crippen molar-refractivity contribution in [2.45, 2.75) is 39.7 Å². The first-order chi connectivity index (χ1) is 10.4. The fourth-order valence-corrected chi connectivity index (χ4v) is 2.48. The zero-order chi connectivity index (χ0) is 16.7. The Morgan fingerprint density at radius 3 is 2.45 bits per heavy atom. The van der Waals surface area contributed by atoms with Crippen molar-refractivity contribution in [3.63, 3.8) is 0 Å². The average Bonchev–Trinajstić information content (AvgIpc) is 2.45. The molecule has 22 heavy (non-hydrogen) atoms. The summed E-state index contributed by atoms with van der Waals surface area (Å²) in [4.78, 5) is 1.81. The number of likely N-dealkylation sites (N-methyl/N-ethyl adjacent to an activating group) is 1. The molecule has 1 unspecified atom stereocenters. The van der Waals surface area contributed by atoms with Crippen molar-refractivity contribution >= 4 is 5.69 Å². The normalized spacial score (nSPS) is 12.7. The number of hydrogen-bond acceptors (Lipinski definition) is 3. The number of nitrogens with one attached hydrogen (secondary N) is 1. The molecule has 0 aliphatic rings. The molecule has 1 aromatic carbocycles. The van der Waals surface area contributed by atoms with Crippen molar-refractivity contribution in [3.05, 3.63) is 29.1 Å². The number of nitrogens with zero attached hydrogens (tertiary/aromatic N) is 2. The summed E-state index contributed by atoms with van der Waals surface area (Å²) < 4.78 is 39.6.